The van der Waals surface area contributed by atoms with E-state index in [-0.39, 0.29) is 6.61 Å². The van der Waals surface area contributed by atoms with Crippen molar-refractivity contribution in [1.82, 2.24) is 4.98 Å². The first kappa shape index (κ1) is 12.0. The normalized spacial score (nSPS) is 11.5. The highest BCUT2D eigenvalue weighted by Gasteiger charge is 2.09. The minimum Gasteiger partial charge on any atom is -0.492 e. The molecule has 0 unspecified atom stereocenters. The first-order valence-electron chi connectivity index (χ1n) is 5.20. The van der Waals surface area contributed by atoms with Gasteiger partial charge in [0.15, 0.2) is 0 Å². The Morgan fingerprint density at radius 2 is 2.07 bits per heavy atom. The molecule has 0 bridgehead atoms. The summed E-state index contributed by atoms with van der Waals surface area (Å²) in [6, 6.07) is 3.60. The summed E-state index contributed by atoms with van der Waals surface area (Å²) in [5.41, 5.74) is 0.955. The van der Waals surface area contributed by atoms with Gasteiger partial charge in [-0.3, -0.25) is 4.98 Å². The molecule has 1 rings (SSSR count). The van der Waals surface area contributed by atoms with Crippen molar-refractivity contribution >= 4 is 0 Å². The molecule has 1 heterocycles. The summed E-state index contributed by atoms with van der Waals surface area (Å²) >= 11 is 0. The molecule has 1 N–H and O–H groups in total. The number of hydrogen-bond donors (Lipinski definition) is 1. The summed E-state index contributed by atoms with van der Waals surface area (Å²) < 4.78 is 5.54. The molecule has 0 saturated carbocycles. The minimum atomic E-state index is -0.0255. The second kappa shape index (κ2) is 5.12. The van der Waals surface area contributed by atoms with Gasteiger partial charge in [-0.05, 0) is 24.0 Å². The number of aliphatic hydroxyl groups excluding tert-OH is 1. The van der Waals surface area contributed by atoms with Gasteiger partial charge >= 0.3 is 0 Å². The van der Waals surface area contributed by atoms with Crippen LogP contribution >= 0.6 is 0 Å². The highest BCUT2D eigenvalue weighted by molar-refractivity contribution is 5.19. The van der Waals surface area contributed by atoms with Crippen molar-refractivity contribution in [3.05, 3.63) is 24.0 Å². The van der Waals surface area contributed by atoms with Crippen LogP contribution in [0.3, 0.4) is 0 Å². The zero-order chi connectivity index (χ0) is 11.3. The molecule has 0 aromatic carbocycles. The zero-order valence-corrected chi connectivity index (χ0v) is 9.66. The molecule has 0 aliphatic heterocycles. The molecule has 15 heavy (non-hydrogen) atoms. The predicted octanol–water partition coefficient (Wildman–Crippen LogP) is 2.39. The van der Waals surface area contributed by atoms with Crippen molar-refractivity contribution in [3.8, 4) is 5.75 Å². The molecule has 0 radical (unpaired) electrons. The van der Waals surface area contributed by atoms with Crippen LogP contribution in [0.2, 0.25) is 0 Å². The molecule has 3 nitrogen and oxygen atoms in total. The fourth-order valence-electron chi connectivity index (χ4n) is 1.06. The standard InChI is InChI=1S/C12H19NO2/c1-12(2,3)6-7-15-11-5-4-10(9-14)13-8-11/h4-5,8,14H,6-7,9H2,1-3H3. The Hall–Kier alpha value is -1.09. The van der Waals surface area contributed by atoms with Crippen molar-refractivity contribution in [2.75, 3.05) is 6.61 Å². The lowest BCUT2D eigenvalue weighted by Crippen LogP contribution is -2.11. The van der Waals surface area contributed by atoms with Crippen molar-refractivity contribution in [2.45, 2.75) is 33.8 Å². The quantitative estimate of drug-likeness (QED) is 0.828. The molecule has 0 aliphatic carbocycles. The van der Waals surface area contributed by atoms with Crippen LogP contribution in [0.15, 0.2) is 18.3 Å². The van der Waals surface area contributed by atoms with Gasteiger partial charge in [-0.2, -0.15) is 0 Å². The summed E-state index contributed by atoms with van der Waals surface area (Å²) in [6.07, 6.45) is 2.66. The topological polar surface area (TPSA) is 42.4 Å². The first-order valence-corrected chi connectivity index (χ1v) is 5.20. The average molecular weight is 209 g/mol. The lowest BCUT2D eigenvalue weighted by atomic mass is 9.93. The lowest BCUT2D eigenvalue weighted by molar-refractivity contribution is 0.241. The maximum Gasteiger partial charge on any atom is 0.137 e. The highest BCUT2D eigenvalue weighted by atomic mass is 16.5. The molecule has 1 aromatic rings. The number of ether oxygens (including phenoxy) is 1. The minimum absolute atomic E-state index is 0.0255. The Bertz CT molecular complexity index is 287. The number of nitrogens with zero attached hydrogens (tertiary/aromatic N) is 1. The van der Waals surface area contributed by atoms with Gasteiger partial charge in [0.05, 0.1) is 25.1 Å². The summed E-state index contributed by atoms with van der Waals surface area (Å²) in [7, 11) is 0. The Kier molecular flexibility index (Phi) is 4.09. The molecule has 1 aromatic heterocycles. The lowest BCUT2D eigenvalue weighted by Gasteiger charge is -2.17. The maximum absolute atomic E-state index is 8.81. The third kappa shape index (κ3) is 4.79. The summed E-state index contributed by atoms with van der Waals surface area (Å²) in [5, 5.41) is 8.81. The Morgan fingerprint density at radius 1 is 1.33 bits per heavy atom. The van der Waals surface area contributed by atoms with Crippen molar-refractivity contribution in [2.24, 2.45) is 5.41 Å². The van der Waals surface area contributed by atoms with E-state index >= 15 is 0 Å². The third-order valence-corrected chi connectivity index (χ3v) is 2.08. The Balaban J connectivity index is 2.38. The van der Waals surface area contributed by atoms with E-state index in [1.807, 2.05) is 6.07 Å². The smallest absolute Gasteiger partial charge is 0.137 e. The van der Waals surface area contributed by atoms with E-state index < -0.39 is 0 Å². The molecule has 0 aliphatic rings. The van der Waals surface area contributed by atoms with Crippen LogP contribution in [0.4, 0.5) is 0 Å². The molecular formula is C12H19NO2. The van der Waals surface area contributed by atoms with Crippen molar-refractivity contribution in [3.63, 3.8) is 0 Å². The number of aromatic nitrogens is 1. The molecule has 0 fully saturated rings. The summed E-state index contributed by atoms with van der Waals surface area (Å²) in [5.74, 6) is 0.761. The first-order chi connectivity index (χ1) is 7.01. The number of pyridine rings is 1. The summed E-state index contributed by atoms with van der Waals surface area (Å²) in [6.45, 7) is 7.22. The van der Waals surface area contributed by atoms with Crippen LogP contribution in [-0.4, -0.2) is 16.7 Å². The van der Waals surface area contributed by atoms with Gasteiger partial charge in [0.2, 0.25) is 0 Å². The second-order valence-corrected chi connectivity index (χ2v) is 4.80. The Morgan fingerprint density at radius 3 is 2.53 bits per heavy atom. The Labute approximate surface area is 91.1 Å². The number of aliphatic hydroxyl groups is 1. The molecule has 0 saturated heterocycles. The van der Waals surface area contributed by atoms with Gasteiger partial charge in [0, 0.05) is 0 Å². The van der Waals surface area contributed by atoms with Crippen LogP contribution < -0.4 is 4.74 Å². The van der Waals surface area contributed by atoms with E-state index in [1.54, 1.807) is 12.3 Å². The van der Waals surface area contributed by atoms with Crippen molar-refractivity contribution < 1.29 is 9.84 Å². The van der Waals surface area contributed by atoms with E-state index in [1.165, 1.54) is 0 Å². The molecule has 0 amide bonds. The third-order valence-electron chi connectivity index (χ3n) is 2.08. The van der Waals surface area contributed by atoms with Gasteiger partial charge in [-0.15, -0.1) is 0 Å². The molecule has 84 valence electrons. The molecular weight excluding hydrogens is 190 g/mol. The van der Waals surface area contributed by atoms with Crippen LogP contribution in [0.1, 0.15) is 32.9 Å². The highest BCUT2D eigenvalue weighted by Crippen LogP contribution is 2.19. The monoisotopic (exact) mass is 209 g/mol. The summed E-state index contributed by atoms with van der Waals surface area (Å²) in [4.78, 5) is 4.04. The van der Waals surface area contributed by atoms with Crippen LogP contribution in [0.5, 0.6) is 5.75 Å². The van der Waals surface area contributed by atoms with Gasteiger partial charge < -0.3 is 9.84 Å². The van der Waals surface area contributed by atoms with Gasteiger partial charge in [0.25, 0.3) is 0 Å². The number of hydrogen-bond acceptors (Lipinski definition) is 3. The van der Waals surface area contributed by atoms with Gasteiger partial charge in [0.1, 0.15) is 5.75 Å². The van der Waals surface area contributed by atoms with Crippen LogP contribution in [0.25, 0.3) is 0 Å². The fourth-order valence-corrected chi connectivity index (χ4v) is 1.06. The largest absolute Gasteiger partial charge is 0.492 e. The van der Waals surface area contributed by atoms with Crippen molar-refractivity contribution in [1.29, 1.82) is 0 Å². The fraction of sp³-hybridized carbons (Fsp3) is 0.583. The molecule has 3 heteroatoms. The predicted molar refractivity (Wildman–Crippen MR) is 59.7 cm³/mol. The van der Waals surface area contributed by atoms with E-state index in [4.69, 9.17) is 9.84 Å². The van der Waals surface area contributed by atoms with E-state index in [2.05, 4.69) is 25.8 Å². The maximum atomic E-state index is 8.81. The molecule has 0 spiro atoms. The number of rotatable bonds is 4. The van der Waals surface area contributed by atoms with Crippen LogP contribution in [-0.2, 0) is 6.61 Å². The van der Waals surface area contributed by atoms with E-state index in [9.17, 15) is 0 Å². The van der Waals surface area contributed by atoms with Gasteiger partial charge in [-0.25, -0.2) is 0 Å². The zero-order valence-electron chi connectivity index (χ0n) is 9.66. The van der Waals surface area contributed by atoms with E-state index in [0.717, 1.165) is 12.2 Å². The average Bonchev–Trinajstić information content (AvgIpc) is 2.17. The SMILES string of the molecule is CC(C)(C)CCOc1ccc(CO)nc1. The van der Waals surface area contributed by atoms with Gasteiger partial charge in [-0.1, -0.05) is 20.8 Å². The second-order valence-electron chi connectivity index (χ2n) is 4.80. The molecule has 0 atom stereocenters. The van der Waals surface area contributed by atoms with Crippen LogP contribution in [0, 0.1) is 5.41 Å². The van der Waals surface area contributed by atoms with E-state index in [0.29, 0.717) is 17.7 Å².